The van der Waals surface area contributed by atoms with Crippen LogP contribution in [0.25, 0.3) is 10.9 Å². The highest BCUT2D eigenvalue weighted by molar-refractivity contribution is 6.00. The summed E-state index contributed by atoms with van der Waals surface area (Å²) in [6, 6.07) is 13.3. The normalized spacial score (nSPS) is 10.7. The number of rotatable bonds is 3. The largest absolute Gasteiger partial charge is 0.350 e. The van der Waals surface area contributed by atoms with Crippen molar-refractivity contribution in [2.24, 2.45) is 0 Å². The second-order valence-electron chi connectivity index (χ2n) is 6.27. The average Bonchev–Trinajstić information content (AvgIpc) is 3.05. The maximum Gasteiger partial charge on any atom is 0.286 e. The molecule has 3 aromatic rings. The van der Waals surface area contributed by atoms with Gasteiger partial charge in [0.2, 0.25) is 5.91 Å². The van der Waals surface area contributed by atoms with E-state index < -0.39 is 0 Å². The summed E-state index contributed by atoms with van der Waals surface area (Å²) in [5, 5.41) is 1.02. The Morgan fingerprint density at radius 1 is 0.960 bits per heavy atom. The molecule has 0 saturated carbocycles. The van der Waals surface area contributed by atoms with Gasteiger partial charge in [-0.05, 0) is 49.1 Å². The summed E-state index contributed by atoms with van der Waals surface area (Å²) in [5.74, 6) is -0.632. The molecule has 3 rings (SSSR count). The molecule has 2 aromatic carbocycles. The van der Waals surface area contributed by atoms with Crippen LogP contribution in [0.2, 0.25) is 0 Å². The lowest BCUT2D eigenvalue weighted by Gasteiger charge is -2.06. The fourth-order valence-electron chi connectivity index (χ4n) is 2.91. The highest BCUT2D eigenvalue weighted by atomic mass is 16.2. The molecule has 0 bridgehead atoms. The number of fused-ring (bicyclic) bond motifs is 1. The summed E-state index contributed by atoms with van der Waals surface area (Å²) >= 11 is 0. The Bertz CT molecular complexity index is 942. The summed E-state index contributed by atoms with van der Waals surface area (Å²) in [6.07, 6.45) is 0.214. The molecule has 1 heterocycles. The number of aryl methyl sites for hydroxylation is 3. The molecule has 5 nitrogen and oxygen atoms in total. The van der Waals surface area contributed by atoms with Gasteiger partial charge in [0.1, 0.15) is 5.69 Å². The lowest BCUT2D eigenvalue weighted by molar-refractivity contribution is -0.121. The van der Waals surface area contributed by atoms with Gasteiger partial charge in [-0.3, -0.25) is 20.4 Å². The Balaban J connectivity index is 1.69. The van der Waals surface area contributed by atoms with E-state index in [2.05, 4.69) is 21.9 Å². The molecule has 0 radical (unpaired) electrons. The number of benzene rings is 2. The molecule has 0 aliphatic rings. The molecule has 0 atom stereocenters. The summed E-state index contributed by atoms with van der Waals surface area (Å²) in [5.41, 5.74) is 10.6. The monoisotopic (exact) mass is 335 g/mol. The van der Waals surface area contributed by atoms with Gasteiger partial charge in [-0.2, -0.15) is 0 Å². The van der Waals surface area contributed by atoms with E-state index in [0.29, 0.717) is 5.69 Å². The van der Waals surface area contributed by atoms with Crippen molar-refractivity contribution in [2.75, 3.05) is 0 Å². The van der Waals surface area contributed by atoms with Crippen LogP contribution in [-0.2, 0) is 11.2 Å². The number of H-pyrrole nitrogens is 1. The van der Waals surface area contributed by atoms with Crippen molar-refractivity contribution in [3.8, 4) is 0 Å². The molecule has 3 N–H and O–H groups in total. The Labute approximate surface area is 146 Å². The first-order chi connectivity index (χ1) is 12.0. The molecule has 0 aliphatic heterocycles. The maximum atomic E-state index is 12.3. The molecule has 0 saturated heterocycles. The second kappa shape index (κ2) is 6.81. The van der Waals surface area contributed by atoms with Crippen LogP contribution in [0.5, 0.6) is 0 Å². The molecule has 5 heteroatoms. The maximum absolute atomic E-state index is 12.3. The van der Waals surface area contributed by atoms with Gasteiger partial charge in [0.05, 0.1) is 6.42 Å². The van der Waals surface area contributed by atoms with Gasteiger partial charge >= 0.3 is 0 Å². The van der Waals surface area contributed by atoms with Crippen LogP contribution in [0, 0.1) is 20.8 Å². The third kappa shape index (κ3) is 3.55. The number of aromatic amines is 1. The van der Waals surface area contributed by atoms with Crippen molar-refractivity contribution in [3.63, 3.8) is 0 Å². The van der Waals surface area contributed by atoms with E-state index in [1.165, 1.54) is 5.56 Å². The predicted octanol–water partition coefficient (Wildman–Crippen LogP) is 3.10. The van der Waals surface area contributed by atoms with Crippen molar-refractivity contribution >= 4 is 22.7 Å². The third-order valence-corrected chi connectivity index (χ3v) is 4.41. The number of carbonyl (C=O) groups is 2. The van der Waals surface area contributed by atoms with Crippen molar-refractivity contribution < 1.29 is 9.59 Å². The Morgan fingerprint density at radius 2 is 1.68 bits per heavy atom. The quantitative estimate of drug-likeness (QED) is 0.644. The Hall–Kier alpha value is -3.08. The lowest BCUT2D eigenvalue weighted by Crippen LogP contribution is -2.42. The smallest absolute Gasteiger partial charge is 0.286 e. The summed E-state index contributed by atoms with van der Waals surface area (Å²) < 4.78 is 0. The number of amides is 2. The fourth-order valence-corrected chi connectivity index (χ4v) is 2.91. The number of hydrogen-bond acceptors (Lipinski definition) is 2. The zero-order valence-corrected chi connectivity index (χ0v) is 14.6. The molecule has 128 valence electrons. The predicted molar refractivity (Wildman–Crippen MR) is 98.3 cm³/mol. The van der Waals surface area contributed by atoms with Crippen molar-refractivity contribution in [3.05, 3.63) is 70.4 Å². The van der Waals surface area contributed by atoms with E-state index in [-0.39, 0.29) is 18.2 Å². The van der Waals surface area contributed by atoms with Gasteiger partial charge in [-0.25, -0.2) is 0 Å². The zero-order valence-electron chi connectivity index (χ0n) is 14.6. The molecule has 0 fully saturated rings. The van der Waals surface area contributed by atoms with Crippen molar-refractivity contribution in [1.82, 2.24) is 15.8 Å². The van der Waals surface area contributed by atoms with Crippen LogP contribution in [0.4, 0.5) is 0 Å². The number of nitrogens with one attached hydrogen (secondary N) is 3. The first-order valence-corrected chi connectivity index (χ1v) is 8.18. The second-order valence-corrected chi connectivity index (χ2v) is 6.27. The summed E-state index contributed by atoms with van der Waals surface area (Å²) in [4.78, 5) is 27.4. The Morgan fingerprint density at radius 3 is 2.40 bits per heavy atom. The first-order valence-electron chi connectivity index (χ1n) is 8.18. The minimum Gasteiger partial charge on any atom is -0.350 e. The lowest BCUT2D eigenvalue weighted by atomic mass is 10.0. The van der Waals surface area contributed by atoms with E-state index >= 15 is 0 Å². The minimum atomic E-state index is -0.367. The van der Waals surface area contributed by atoms with Crippen LogP contribution in [0.3, 0.4) is 0 Å². The van der Waals surface area contributed by atoms with Gasteiger partial charge in [0.25, 0.3) is 5.91 Å². The summed E-state index contributed by atoms with van der Waals surface area (Å²) in [6.45, 7) is 6.09. The Kier molecular flexibility index (Phi) is 4.57. The first kappa shape index (κ1) is 16.8. The average molecular weight is 335 g/mol. The van der Waals surface area contributed by atoms with Gasteiger partial charge in [0, 0.05) is 10.9 Å². The zero-order chi connectivity index (χ0) is 18.0. The minimum absolute atomic E-state index is 0.214. The topological polar surface area (TPSA) is 74.0 Å². The molecule has 2 amide bonds. The van der Waals surface area contributed by atoms with Gasteiger partial charge in [0.15, 0.2) is 0 Å². The van der Waals surface area contributed by atoms with Crippen molar-refractivity contribution in [2.45, 2.75) is 27.2 Å². The SMILES string of the molecule is Cc1cc(C)c2cc(C(=O)NNC(=O)Cc3ccccc3)[nH]c2c1C. The van der Waals surface area contributed by atoms with Crippen LogP contribution in [0.1, 0.15) is 32.7 Å². The number of aromatic nitrogens is 1. The van der Waals surface area contributed by atoms with E-state index in [9.17, 15) is 9.59 Å². The standard InChI is InChI=1S/C20H21N3O2/c1-12-9-13(2)16-11-17(21-19(16)14(12)3)20(25)23-22-18(24)10-15-7-5-4-6-8-15/h4-9,11,21H,10H2,1-3H3,(H,22,24)(H,23,25). The fraction of sp³-hybridized carbons (Fsp3) is 0.200. The van der Waals surface area contributed by atoms with Crippen molar-refractivity contribution in [1.29, 1.82) is 0 Å². The summed E-state index contributed by atoms with van der Waals surface area (Å²) in [7, 11) is 0. The van der Waals surface area contributed by atoms with Crippen LogP contribution >= 0.6 is 0 Å². The van der Waals surface area contributed by atoms with Crippen LogP contribution < -0.4 is 10.9 Å². The number of carbonyl (C=O) groups excluding carboxylic acids is 2. The highest BCUT2D eigenvalue weighted by Gasteiger charge is 2.14. The van der Waals surface area contributed by atoms with E-state index in [4.69, 9.17) is 0 Å². The van der Waals surface area contributed by atoms with Crippen LogP contribution in [0.15, 0.2) is 42.5 Å². The van der Waals surface area contributed by atoms with Gasteiger partial charge < -0.3 is 4.98 Å². The van der Waals surface area contributed by atoms with Gasteiger partial charge in [-0.15, -0.1) is 0 Å². The number of hydrogen-bond donors (Lipinski definition) is 3. The molecular weight excluding hydrogens is 314 g/mol. The van der Waals surface area contributed by atoms with E-state index in [1.54, 1.807) is 0 Å². The number of hydrazine groups is 1. The molecular formula is C20H21N3O2. The molecule has 0 spiro atoms. The third-order valence-electron chi connectivity index (χ3n) is 4.41. The van der Waals surface area contributed by atoms with Gasteiger partial charge in [-0.1, -0.05) is 36.4 Å². The molecule has 25 heavy (non-hydrogen) atoms. The molecule has 0 aliphatic carbocycles. The molecule has 0 unspecified atom stereocenters. The highest BCUT2D eigenvalue weighted by Crippen LogP contribution is 2.25. The van der Waals surface area contributed by atoms with E-state index in [0.717, 1.165) is 27.6 Å². The van der Waals surface area contributed by atoms with E-state index in [1.807, 2.05) is 57.2 Å². The molecule has 1 aromatic heterocycles. The van der Waals surface area contributed by atoms with Crippen LogP contribution in [-0.4, -0.2) is 16.8 Å².